The fourth-order valence-corrected chi connectivity index (χ4v) is 2.33. The van der Waals surface area contributed by atoms with Crippen LogP contribution in [0.15, 0.2) is 34.9 Å². The van der Waals surface area contributed by atoms with E-state index < -0.39 is 5.82 Å². The van der Waals surface area contributed by atoms with Gasteiger partial charge in [0.1, 0.15) is 11.5 Å². The van der Waals surface area contributed by atoms with Crippen molar-refractivity contribution in [3.05, 3.63) is 51.5 Å². The predicted octanol–water partition coefficient (Wildman–Crippen LogP) is 4.32. The van der Waals surface area contributed by atoms with Crippen molar-refractivity contribution in [3.63, 3.8) is 0 Å². The molecule has 0 radical (unpaired) electrons. The first-order valence-corrected chi connectivity index (χ1v) is 6.80. The van der Waals surface area contributed by atoms with E-state index in [1.807, 2.05) is 6.92 Å². The van der Waals surface area contributed by atoms with Gasteiger partial charge in [-0.2, -0.15) is 0 Å². The largest absolute Gasteiger partial charge is 0.343 e. The van der Waals surface area contributed by atoms with E-state index in [2.05, 4.69) is 21.2 Å². The number of benzene rings is 1. The van der Waals surface area contributed by atoms with Crippen molar-refractivity contribution in [2.75, 3.05) is 5.32 Å². The Morgan fingerprint density at radius 3 is 2.84 bits per heavy atom. The van der Waals surface area contributed by atoms with Crippen molar-refractivity contribution in [2.45, 2.75) is 13.5 Å². The van der Waals surface area contributed by atoms with Crippen molar-refractivity contribution in [1.29, 1.82) is 0 Å². The molecule has 0 fully saturated rings. The predicted molar refractivity (Wildman–Crippen MR) is 77.2 cm³/mol. The molecule has 3 nitrogen and oxygen atoms in total. The van der Waals surface area contributed by atoms with E-state index >= 15 is 0 Å². The maximum absolute atomic E-state index is 13.6. The summed E-state index contributed by atoms with van der Waals surface area (Å²) in [5.41, 5.74) is 0.568. The summed E-state index contributed by atoms with van der Waals surface area (Å²) < 4.78 is 16.2. The van der Waals surface area contributed by atoms with E-state index in [9.17, 15) is 9.18 Å². The van der Waals surface area contributed by atoms with E-state index in [0.717, 1.165) is 10.5 Å². The zero-order chi connectivity index (χ0) is 14.0. The van der Waals surface area contributed by atoms with Gasteiger partial charge in [-0.25, -0.2) is 4.39 Å². The van der Waals surface area contributed by atoms with Gasteiger partial charge in [-0.1, -0.05) is 11.6 Å². The fourth-order valence-electron chi connectivity index (χ4n) is 1.70. The van der Waals surface area contributed by atoms with Crippen LogP contribution in [0.1, 0.15) is 17.4 Å². The Morgan fingerprint density at radius 2 is 2.21 bits per heavy atom. The summed E-state index contributed by atoms with van der Waals surface area (Å²) >= 11 is 8.97. The molecule has 1 aromatic carbocycles. The third kappa shape index (κ3) is 3.16. The minimum Gasteiger partial charge on any atom is -0.343 e. The molecule has 6 heteroatoms. The van der Waals surface area contributed by atoms with Gasteiger partial charge >= 0.3 is 0 Å². The lowest BCUT2D eigenvalue weighted by Crippen LogP contribution is -2.17. The summed E-state index contributed by atoms with van der Waals surface area (Å²) in [4.78, 5) is 12.1. The standard InChI is InChI=1S/C13H11BrClFN2O/c1-2-18-7-8(14)5-12(18)13(19)17-11-4-3-9(15)6-10(11)16/h3-7H,2H2,1H3,(H,17,19). The molecule has 0 saturated carbocycles. The molecule has 100 valence electrons. The number of halogens is 3. The number of hydrogen-bond donors (Lipinski definition) is 1. The second kappa shape index (κ2) is 5.75. The smallest absolute Gasteiger partial charge is 0.272 e. The molecule has 0 unspecified atom stereocenters. The Kier molecular flexibility index (Phi) is 4.27. The Morgan fingerprint density at radius 1 is 1.47 bits per heavy atom. The van der Waals surface area contributed by atoms with Gasteiger partial charge in [0, 0.05) is 22.2 Å². The van der Waals surface area contributed by atoms with Crippen molar-refractivity contribution in [2.24, 2.45) is 0 Å². The molecule has 1 heterocycles. The maximum Gasteiger partial charge on any atom is 0.272 e. The highest BCUT2D eigenvalue weighted by Crippen LogP contribution is 2.21. The molecule has 2 aromatic rings. The van der Waals surface area contributed by atoms with Crippen LogP contribution in [0.3, 0.4) is 0 Å². The molecule has 1 aromatic heterocycles. The number of amides is 1. The fraction of sp³-hybridized carbons (Fsp3) is 0.154. The van der Waals surface area contributed by atoms with Gasteiger partial charge in [0.15, 0.2) is 0 Å². The molecule has 0 saturated heterocycles. The Balaban J connectivity index is 2.25. The van der Waals surface area contributed by atoms with Crippen molar-refractivity contribution < 1.29 is 9.18 Å². The Hall–Kier alpha value is -1.33. The number of hydrogen-bond acceptors (Lipinski definition) is 1. The summed E-state index contributed by atoms with van der Waals surface area (Å²) in [5, 5.41) is 2.81. The Labute approximate surface area is 123 Å². The molecule has 0 spiro atoms. The second-order valence-electron chi connectivity index (χ2n) is 3.91. The van der Waals surface area contributed by atoms with Crippen molar-refractivity contribution >= 4 is 39.1 Å². The van der Waals surface area contributed by atoms with E-state index in [1.165, 1.54) is 12.1 Å². The molecule has 1 N–H and O–H groups in total. The van der Waals surface area contributed by atoms with Crippen LogP contribution in [0.4, 0.5) is 10.1 Å². The third-order valence-electron chi connectivity index (χ3n) is 2.62. The zero-order valence-electron chi connectivity index (χ0n) is 10.1. The molecule has 2 rings (SSSR count). The summed E-state index contributed by atoms with van der Waals surface area (Å²) in [6.45, 7) is 2.57. The average molecular weight is 346 g/mol. The van der Waals surface area contributed by atoms with Crippen LogP contribution in [-0.4, -0.2) is 10.5 Å². The zero-order valence-corrected chi connectivity index (χ0v) is 12.4. The summed E-state index contributed by atoms with van der Waals surface area (Å²) in [6.07, 6.45) is 1.80. The number of rotatable bonds is 3. The highest BCUT2D eigenvalue weighted by atomic mass is 79.9. The average Bonchev–Trinajstić information content (AvgIpc) is 2.74. The highest BCUT2D eigenvalue weighted by Gasteiger charge is 2.14. The number of carbonyl (C=O) groups excluding carboxylic acids is 1. The molecule has 0 atom stereocenters. The first-order valence-electron chi connectivity index (χ1n) is 5.63. The van der Waals surface area contributed by atoms with Crippen LogP contribution in [-0.2, 0) is 6.54 Å². The number of anilines is 1. The quantitative estimate of drug-likeness (QED) is 0.883. The van der Waals surface area contributed by atoms with Crippen LogP contribution in [0, 0.1) is 5.82 Å². The van der Waals surface area contributed by atoms with Crippen LogP contribution in [0.2, 0.25) is 5.02 Å². The van der Waals surface area contributed by atoms with Gasteiger partial charge in [0.05, 0.1) is 5.69 Å². The van der Waals surface area contributed by atoms with Gasteiger partial charge in [0.2, 0.25) is 0 Å². The minimum absolute atomic E-state index is 0.106. The lowest BCUT2D eigenvalue weighted by Gasteiger charge is -2.08. The monoisotopic (exact) mass is 344 g/mol. The van der Waals surface area contributed by atoms with Gasteiger partial charge in [-0.05, 0) is 47.1 Å². The second-order valence-corrected chi connectivity index (χ2v) is 5.26. The molecule has 19 heavy (non-hydrogen) atoms. The third-order valence-corrected chi connectivity index (χ3v) is 3.28. The normalized spacial score (nSPS) is 10.5. The van der Waals surface area contributed by atoms with Crippen LogP contribution in [0.5, 0.6) is 0 Å². The van der Waals surface area contributed by atoms with Gasteiger partial charge in [-0.3, -0.25) is 4.79 Å². The number of nitrogens with zero attached hydrogens (tertiary/aromatic N) is 1. The van der Waals surface area contributed by atoms with Crippen LogP contribution >= 0.6 is 27.5 Å². The molecular weight excluding hydrogens is 335 g/mol. The number of aryl methyl sites for hydroxylation is 1. The van der Waals surface area contributed by atoms with Gasteiger partial charge < -0.3 is 9.88 Å². The van der Waals surface area contributed by atoms with E-state index in [4.69, 9.17) is 11.6 Å². The Bertz CT molecular complexity index is 627. The minimum atomic E-state index is -0.561. The molecule has 1 amide bonds. The number of carbonyl (C=O) groups is 1. The molecule has 0 bridgehead atoms. The lowest BCUT2D eigenvalue weighted by atomic mass is 10.3. The SMILES string of the molecule is CCn1cc(Br)cc1C(=O)Nc1ccc(Cl)cc1F. The van der Waals surface area contributed by atoms with E-state index in [1.54, 1.807) is 16.8 Å². The van der Waals surface area contributed by atoms with Gasteiger partial charge in [0.25, 0.3) is 5.91 Å². The topological polar surface area (TPSA) is 34.0 Å². The summed E-state index contributed by atoms with van der Waals surface area (Å²) in [6, 6.07) is 5.80. The molecular formula is C13H11BrClFN2O. The van der Waals surface area contributed by atoms with Gasteiger partial charge in [-0.15, -0.1) is 0 Å². The molecule has 0 aliphatic rings. The lowest BCUT2D eigenvalue weighted by molar-refractivity contribution is 0.101. The highest BCUT2D eigenvalue weighted by molar-refractivity contribution is 9.10. The number of aromatic nitrogens is 1. The van der Waals surface area contributed by atoms with Crippen LogP contribution < -0.4 is 5.32 Å². The molecule has 0 aliphatic carbocycles. The number of nitrogens with one attached hydrogen (secondary N) is 1. The molecule has 0 aliphatic heterocycles. The summed E-state index contributed by atoms with van der Waals surface area (Å²) in [7, 11) is 0. The first-order chi connectivity index (χ1) is 9.01. The van der Waals surface area contributed by atoms with Crippen LogP contribution in [0.25, 0.3) is 0 Å². The maximum atomic E-state index is 13.6. The van der Waals surface area contributed by atoms with Crippen molar-refractivity contribution in [3.8, 4) is 0 Å². The van der Waals surface area contributed by atoms with E-state index in [-0.39, 0.29) is 16.6 Å². The first kappa shape index (κ1) is 14.1. The summed E-state index contributed by atoms with van der Waals surface area (Å²) in [5.74, 6) is -0.928. The van der Waals surface area contributed by atoms with Crippen molar-refractivity contribution in [1.82, 2.24) is 4.57 Å². The van der Waals surface area contributed by atoms with E-state index in [0.29, 0.717) is 12.2 Å².